The van der Waals surface area contributed by atoms with E-state index in [9.17, 15) is 15.0 Å². The van der Waals surface area contributed by atoms with Crippen LogP contribution in [-0.4, -0.2) is 37.6 Å². The summed E-state index contributed by atoms with van der Waals surface area (Å²) >= 11 is 0. The second-order valence-electron chi connectivity index (χ2n) is 7.24. The minimum Gasteiger partial charge on any atom is -0.507 e. The number of aromatic hydroxyl groups is 2. The number of benzene rings is 3. The van der Waals surface area contributed by atoms with Gasteiger partial charge < -0.3 is 14.9 Å². The van der Waals surface area contributed by atoms with Crippen LogP contribution in [0.25, 0.3) is 28.5 Å². The number of phenolic OH excluding ortho intramolecular Hbond substituents is 2. The Morgan fingerprint density at radius 3 is 2.16 bits per heavy atom. The molecule has 0 aliphatic heterocycles. The summed E-state index contributed by atoms with van der Waals surface area (Å²) in [6.07, 6.45) is 1.77. The molecular weight excluding hydrogens is 406 g/mol. The van der Waals surface area contributed by atoms with Gasteiger partial charge in [0.05, 0.1) is 29.0 Å². The summed E-state index contributed by atoms with van der Waals surface area (Å²) in [5, 5.41) is 25.2. The van der Waals surface area contributed by atoms with E-state index in [0.717, 1.165) is 12.8 Å². The topological polar surface area (TPSA) is 97.5 Å². The molecule has 0 spiro atoms. The first-order valence-corrected chi connectivity index (χ1v) is 10.4. The highest BCUT2D eigenvalue weighted by molar-refractivity contribution is 5.89. The monoisotopic (exact) mass is 429 g/mol. The lowest BCUT2D eigenvalue weighted by Crippen LogP contribution is -2.07. The first-order valence-electron chi connectivity index (χ1n) is 10.4. The number of esters is 1. The van der Waals surface area contributed by atoms with Crippen molar-refractivity contribution in [3.05, 3.63) is 78.4 Å². The number of hydrogen-bond acceptors (Lipinski definition) is 6. The van der Waals surface area contributed by atoms with E-state index in [0.29, 0.717) is 40.6 Å². The number of rotatable bonds is 7. The number of ether oxygens (including phenoxy) is 1. The zero-order valence-corrected chi connectivity index (χ0v) is 17.6. The molecule has 162 valence electrons. The molecule has 2 N–H and O–H groups in total. The van der Waals surface area contributed by atoms with Crippen molar-refractivity contribution in [2.75, 3.05) is 6.61 Å². The maximum Gasteiger partial charge on any atom is 0.338 e. The van der Waals surface area contributed by atoms with Crippen LogP contribution in [0.15, 0.2) is 72.8 Å². The summed E-state index contributed by atoms with van der Waals surface area (Å²) in [6, 6.07) is 20.4. The lowest BCUT2D eigenvalue weighted by molar-refractivity contribution is 0.0499. The van der Waals surface area contributed by atoms with Gasteiger partial charge in [0.15, 0.2) is 11.6 Å². The summed E-state index contributed by atoms with van der Waals surface area (Å²) in [5.74, 6) is 0.447. The molecule has 0 radical (unpaired) electrons. The number of aromatic nitrogens is 3. The quantitative estimate of drug-likeness (QED) is 0.318. The van der Waals surface area contributed by atoms with Gasteiger partial charge in [0.1, 0.15) is 11.5 Å². The van der Waals surface area contributed by atoms with Crippen molar-refractivity contribution in [3.63, 3.8) is 0 Å². The smallest absolute Gasteiger partial charge is 0.338 e. The molecule has 3 aromatic carbocycles. The average molecular weight is 429 g/mol. The van der Waals surface area contributed by atoms with E-state index in [1.165, 1.54) is 0 Å². The van der Waals surface area contributed by atoms with Gasteiger partial charge in [0.25, 0.3) is 0 Å². The molecule has 4 aromatic rings. The summed E-state index contributed by atoms with van der Waals surface area (Å²) in [7, 11) is 0. The van der Waals surface area contributed by atoms with E-state index < -0.39 is 0 Å². The fourth-order valence-corrected chi connectivity index (χ4v) is 3.24. The highest BCUT2D eigenvalue weighted by Gasteiger charge is 2.19. The Balaban J connectivity index is 1.75. The maximum atomic E-state index is 12.2. The van der Waals surface area contributed by atoms with Crippen molar-refractivity contribution < 1.29 is 19.7 Å². The number of phenols is 2. The van der Waals surface area contributed by atoms with Crippen LogP contribution in [0.2, 0.25) is 0 Å². The van der Waals surface area contributed by atoms with Crippen LogP contribution in [0.3, 0.4) is 0 Å². The Bertz CT molecular complexity index is 1230. The molecule has 0 amide bonds. The SMILES string of the molecule is CCCCOC(=O)c1ccc(-n2nc(-c3ccccc3O)nc2-c2ccccc2O)cc1. The number of carbonyl (C=O) groups excluding carboxylic acids is 1. The lowest BCUT2D eigenvalue weighted by Gasteiger charge is -2.08. The van der Waals surface area contributed by atoms with Crippen LogP contribution in [0.5, 0.6) is 11.5 Å². The second-order valence-corrected chi connectivity index (χ2v) is 7.24. The Hall–Kier alpha value is -4.13. The molecular formula is C25H23N3O4. The fourth-order valence-electron chi connectivity index (χ4n) is 3.24. The summed E-state index contributed by atoms with van der Waals surface area (Å²) in [5.41, 5.74) is 2.04. The van der Waals surface area contributed by atoms with E-state index in [1.54, 1.807) is 77.5 Å². The highest BCUT2D eigenvalue weighted by Crippen LogP contribution is 2.33. The van der Waals surface area contributed by atoms with Crippen LogP contribution in [0.1, 0.15) is 30.1 Å². The van der Waals surface area contributed by atoms with E-state index in [2.05, 4.69) is 10.1 Å². The predicted molar refractivity (Wildman–Crippen MR) is 121 cm³/mol. The number of carbonyl (C=O) groups is 1. The molecule has 0 saturated heterocycles. The Morgan fingerprint density at radius 2 is 1.53 bits per heavy atom. The van der Waals surface area contributed by atoms with Crippen molar-refractivity contribution in [2.45, 2.75) is 19.8 Å². The van der Waals surface area contributed by atoms with E-state index in [1.807, 2.05) is 6.92 Å². The lowest BCUT2D eigenvalue weighted by atomic mass is 10.1. The number of nitrogens with zero attached hydrogens (tertiary/aromatic N) is 3. The average Bonchev–Trinajstić information content (AvgIpc) is 3.25. The van der Waals surface area contributed by atoms with Gasteiger partial charge in [0.2, 0.25) is 0 Å². The van der Waals surface area contributed by atoms with Gasteiger partial charge in [-0.15, -0.1) is 5.10 Å². The van der Waals surface area contributed by atoms with Crippen LogP contribution < -0.4 is 0 Å². The first kappa shape index (κ1) is 21.1. The van der Waals surface area contributed by atoms with Crippen molar-refractivity contribution in [2.24, 2.45) is 0 Å². The Kier molecular flexibility index (Phi) is 6.17. The third-order valence-corrected chi connectivity index (χ3v) is 4.98. The highest BCUT2D eigenvalue weighted by atomic mass is 16.5. The zero-order valence-electron chi connectivity index (χ0n) is 17.6. The molecule has 0 aliphatic carbocycles. The first-order chi connectivity index (χ1) is 15.6. The molecule has 1 heterocycles. The summed E-state index contributed by atoms with van der Waals surface area (Å²) in [4.78, 5) is 16.8. The van der Waals surface area contributed by atoms with Crippen LogP contribution >= 0.6 is 0 Å². The van der Waals surface area contributed by atoms with Gasteiger partial charge in [-0.2, -0.15) is 0 Å². The van der Waals surface area contributed by atoms with E-state index >= 15 is 0 Å². The van der Waals surface area contributed by atoms with Crippen molar-refractivity contribution in [3.8, 4) is 40.0 Å². The molecule has 32 heavy (non-hydrogen) atoms. The second kappa shape index (κ2) is 9.34. The maximum absolute atomic E-state index is 12.2. The molecule has 0 saturated carbocycles. The minimum atomic E-state index is -0.376. The molecule has 7 heteroatoms. The van der Waals surface area contributed by atoms with Crippen LogP contribution in [0.4, 0.5) is 0 Å². The third kappa shape index (κ3) is 4.32. The molecule has 7 nitrogen and oxygen atoms in total. The molecule has 0 fully saturated rings. The van der Waals surface area contributed by atoms with Crippen molar-refractivity contribution >= 4 is 5.97 Å². The van der Waals surface area contributed by atoms with Crippen molar-refractivity contribution in [1.82, 2.24) is 14.8 Å². The molecule has 4 rings (SSSR count). The third-order valence-electron chi connectivity index (χ3n) is 4.98. The summed E-state index contributed by atoms with van der Waals surface area (Å²) in [6.45, 7) is 2.42. The van der Waals surface area contributed by atoms with E-state index in [4.69, 9.17) is 4.74 Å². The van der Waals surface area contributed by atoms with Crippen LogP contribution in [0, 0.1) is 0 Å². The Morgan fingerprint density at radius 1 is 0.906 bits per heavy atom. The largest absolute Gasteiger partial charge is 0.507 e. The number of hydrogen-bond donors (Lipinski definition) is 2. The summed E-state index contributed by atoms with van der Waals surface area (Å²) < 4.78 is 6.84. The zero-order chi connectivity index (χ0) is 22.5. The predicted octanol–water partition coefficient (Wildman–Crippen LogP) is 4.97. The van der Waals surface area contributed by atoms with Gasteiger partial charge in [-0.25, -0.2) is 14.5 Å². The van der Waals surface area contributed by atoms with Gasteiger partial charge in [-0.05, 0) is 55.0 Å². The molecule has 1 aromatic heterocycles. The Labute approximate surface area is 185 Å². The van der Waals surface area contributed by atoms with Crippen molar-refractivity contribution in [1.29, 1.82) is 0 Å². The number of unbranched alkanes of at least 4 members (excludes halogenated alkanes) is 1. The van der Waals surface area contributed by atoms with Gasteiger partial charge >= 0.3 is 5.97 Å². The van der Waals surface area contributed by atoms with E-state index in [-0.39, 0.29) is 17.5 Å². The number of para-hydroxylation sites is 2. The molecule has 0 bridgehead atoms. The van der Waals surface area contributed by atoms with Crippen LogP contribution in [-0.2, 0) is 4.74 Å². The molecule has 0 aliphatic rings. The normalized spacial score (nSPS) is 10.8. The minimum absolute atomic E-state index is 0.0543. The van der Waals surface area contributed by atoms with Gasteiger partial charge in [-0.3, -0.25) is 0 Å². The molecule has 0 unspecified atom stereocenters. The fraction of sp³-hybridized carbons (Fsp3) is 0.160. The van der Waals surface area contributed by atoms with Gasteiger partial charge in [0, 0.05) is 0 Å². The van der Waals surface area contributed by atoms with Gasteiger partial charge in [-0.1, -0.05) is 37.6 Å². The molecule has 0 atom stereocenters. The standard InChI is InChI=1S/C25H23N3O4/c1-2-3-16-32-25(31)17-12-14-18(15-13-17)28-24(20-9-5-7-11-22(20)30)26-23(27-28)19-8-4-6-10-21(19)29/h4-15,29-30H,2-3,16H2,1H3.